The lowest BCUT2D eigenvalue weighted by atomic mass is 10.1. The maximum atomic E-state index is 12.4. The summed E-state index contributed by atoms with van der Waals surface area (Å²) in [5.74, 6) is -0.338. The minimum atomic E-state index is -0.206. The molecule has 1 aromatic carbocycles. The first-order chi connectivity index (χ1) is 15.6. The lowest BCUT2D eigenvalue weighted by Crippen LogP contribution is -2.36. The van der Waals surface area contributed by atoms with Gasteiger partial charge >= 0.3 is 0 Å². The molecule has 0 atom stereocenters. The molecule has 32 heavy (non-hydrogen) atoms. The van der Waals surface area contributed by atoms with Gasteiger partial charge in [0, 0.05) is 61.0 Å². The Labute approximate surface area is 190 Å². The number of hydrogen-bond acceptors (Lipinski definition) is 5. The van der Waals surface area contributed by atoms with Gasteiger partial charge in [-0.15, -0.1) is 11.3 Å². The molecule has 0 fully saturated rings. The van der Waals surface area contributed by atoms with Crippen LogP contribution in [-0.4, -0.2) is 34.2 Å². The smallest absolute Gasteiger partial charge is 0.255 e. The highest BCUT2D eigenvalue weighted by atomic mass is 32.1. The zero-order chi connectivity index (χ0) is 22.3. The van der Waals surface area contributed by atoms with Crippen LogP contribution in [0.1, 0.15) is 39.2 Å². The Morgan fingerprint density at radius 3 is 2.56 bits per heavy atom. The minimum absolute atomic E-state index is 0.0197. The fourth-order valence-electron chi connectivity index (χ4n) is 3.54. The van der Waals surface area contributed by atoms with Crippen LogP contribution in [0, 0.1) is 0 Å². The first kappa shape index (κ1) is 21.7. The summed E-state index contributed by atoms with van der Waals surface area (Å²) in [6, 6.07) is 12.6. The summed E-state index contributed by atoms with van der Waals surface area (Å²) in [5, 5.41) is 7.74. The molecular weight excluding hydrogens is 424 g/mol. The number of anilines is 1. The quantitative estimate of drug-likeness (QED) is 0.580. The molecule has 0 saturated carbocycles. The first-order valence-corrected chi connectivity index (χ1v) is 11.4. The standard InChI is InChI=1S/C24H24N4O3S/c29-22(5-6-23(30)28-13-9-21-19(16-28)10-14-32-21)26-15-17-1-3-20(4-2-17)27-24(31)18-7-11-25-12-8-18/h1-4,7-8,10-12,14H,5-6,9,13,15-16H2,(H,26,29)(H,27,31). The van der Waals surface area contributed by atoms with Crippen LogP contribution >= 0.6 is 11.3 Å². The number of rotatable bonds is 7. The normalized spacial score (nSPS) is 12.7. The van der Waals surface area contributed by atoms with Crippen LogP contribution in [0.4, 0.5) is 5.69 Å². The van der Waals surface area contributed by atoms with E-state index in [2.05, 4.69) is 27.1 Å². The number of aromatic nitrogens is 1. The molecule has 0 saturated heterocycles. The maximum Gasteiger partial charge on any atom is 0.255 e. The van der Waals surface area contributed by atoms with Gasteiger partial charge in [-0.05, 0) is 53.3 Å². The van der Waals surface area contributed by atoms with Gasteiger partial charge in [-0.25, -0.2) is 0 Å². The van der Waals surface area contributed by atoms with Crippen molar-refractivity contribution in [3.8, 4) is 0 Å². The minimum Gasteiger partial charge on any atom is -0.352 e. The Morgan fingerprint density at radius 2 is 1.78 bits per heavy atom. The van der Waals surface area contributed by atoms with Crippen molar-refractivity contribution in [1.29, 1.82) is 0 Å². The second-order valence-corrected chi connectivity index (χ2v) is 8.60. The van der Waals surface area contributed by atoms with Gasteiger partial charge in [0.15, 0.2) is 0 Å². The molecule has 4 rings (SSSR count). The van der Waals surface area contributed by atoms with E-state index in [-0.39, 0.29) is 30.6 Å². The van der Waals surface area contributed by atoms with E-state index in [1.165, 1.54) is 10.4 Å². The molecule has 0 spiro atoms. The third-order valence-corrected chi connectivity index (χ3v) is 6.39. The third kappa shape index (κ3) is 5.59. The number of hydrogen-bond donors (Lipinski definition) is 2. The molecule has 2 aromatic heterocycles. The number of benzene rings is 1. The van der Waals surface area contributed by atoms with Gasteiger partial charge in [0.25, 0.3) is 5.91 Å². The van der Waals surface area contributed by atoms with Crippen molar-refractivity contribution in [3.05, 3.63) is 81.8 Å². The molecule has 0 radical (unpaired) electrons. The van der Waals surface area contributed by atoms with Crippen LogP contribution in [0.3, 0.4) is 0 Å². The number of carbonyl (C=O) groups excluding carboxylic acids is 3. The topological polar surface area (TPSA) is 91.4 Å². The lowest BCUT2D eigenvalue weighted by molar-refractivity contribution is -0.134. The summed E-state index contributed by atoms with van der Waals surface area (Å²) in [7, 11) is 0. The Morgan fingerprint density at radius 1 is 1.00 bits per heavy atom. The van der Waals surface area contributed by atoms with Crippen molar-refractivity contribution in [2.45, 2.75) is 32.4 Å². The molecule has 7 nitrogen and oxygen atoms in total. The van der Waals surface area contributed by atoms with Crippen LogP contribution in [-0.2, 0) is 29.1 Å². The van der Waals surface area contributed by atoms with Crippen molar-refractivity contribution in [1.82, 2.24) is 15.2 Å². The van der Waals surface area contributed by atoms with E-state index in [1.807, 2.05) is 17.0 Å². The highest BCUT2D eigenvalue weighted by molar-refractivity contribution is 7.10. The zero-order valence-corrected chi connectivity index (χ0v) is 18.4. The van der Waals surface area contributed by atoms with Gasteiger partial charge < -0.3 is 15.5 Å². The van der Waals surface area contributed by atoms with Gasteiger partial charge in [-0.3, -0.25) is 19.4 Å². The van der Waals surface area contributed by atoms with Crippen molar-refractivity contribution >= 4 is 34.7 Å². The summed E-state index contributed by atoms with van der Waals surface area (Å²) >= 11 is 1.74. The number of amides is 3. The molecule has 3 amide bonds. The van der Waals surface area contributed by atoms with Crippen LogP contribution in [0.15, 0.2) is 60.2 Å². The lowest BCUT2D eigenvalue weighted by Gasteiger charge is -2.27. The fourth-order valence-corrected chi connectivity index (χ4v) is 4.43. The average Bonchev–Trinajstić information content (AvgIpc) is 3.30. The summed E-state index contributed by atoms with van der Waals surface area (Å²) in [5.41, 5.74) is 3.33. The summed E-state index contributed by atoms with van der Waals surface area (Å²) in [6.45, 7) is 1.73. The molecular formula is C24H24N4O3S. The fraction of sp³-hybridized carbons (Fsp3) is 0.250. The number of thiophene rings is 1. The summed E-state index contributed by atoms with van der Waals surface area (Å²) in [6.07, 6.45) is 4.42. The van der Waals surface area contributed by atoms with E-state index < -0.39 is 0 Å². The van der Waals surface area contributed by atoms with Crippen molar-refractivity contribution in [3.63, 3.8) is 0 Å². The molecule has 0 bridgehead atoms. The van der Waals surface area contributed by atoms with Crippen LogP contribution in [0.5, 0.6) is 0 Å². The van der Waals surface area contributed by atoms with Crippen LogP contribution in [0.2, 0.25) is 0 Å². The number of fused-ring (bicyclic) bond motifs is 1. The van der Waals surface area contributed by atoms with Crippen LogP contribution < -0.4 is 10.6 Å². The summed E-state index contributed by atoms with van der Waals surface area (Å²) < 4.78 is 0. The number of carbonyl (C=O) groups is 3. The van der Waals surface area contributed by atoms with Crippen molar-refractivity contribution < 1.29 is 14.4 Å². The highest BCUT2D eigenvalue weighted by Crippen LogP contribution is 2.24. The SMILES string of the molecule is O=C(CCC(=O)N1CCc2sccc2C1)NCc1ccc(NC(=O)c2ccncc2)cc1. The van der Waals surface area contributed by atoms with Gasteiger partial charge in [0.2, 0.25) is 11.8 Å². The zero-order valence-electron chi connectivity index (χ0n) is 17.5. The molecule has 3 heterocycles. The predicted octanol–water partition coefficient (Wildman–Crippen LogP) is 3.38. The molecule has 0 aliphatic carbocycles. The Hall–Kier alpha value is -3.52. The first-order valence-electron chi connectivity index (χ1n) is 10.5. The Bertz CT molecular complexity index is 1100. The van der Waals surface area contributed by atoms with Crippen LogP contribution in [0.25, 0.3) is 0 Å². The third-order valence-electron chi connectivity index (χ3n) is 5.37. The maximum absolute atomic E-state index is 12.4. The van der Waals surface area contributed by atoms with Crippen molar-refractivity contribution in [2.24, 2.45) is 0 Å². The molecule has 0 unspecified atom stereocenters. The van der Waals surface area contributed by atoms with E-state index in [9.17, 15) is 14.4 Å². The van der Waals surface area contributed by atoms with E-state index in [1.54, 1.807) is 48.0 Å². The predicted molar refractivity (Wildman–Crippen MR) is 123 cm³/mol. The van der Waals surface area contributed by atoms with Gasteiger partial charge in [-0.1, -0.05) is 12.1 Å². The average molecular weight is 449 g/mol. The molecule has 1 aliphatic rings. The molecule has 2 N–H and O–H groups in total. The van der Waals surface area contributed by atoms with Gasteiger partial charge in [0.05, 0.1) is 0 Å². The van der Waals surface area contributed by atoms with E-state index in [4.69, 9.17) is 0 Å². The van der Waals surface area contributed by atoms with Crippen molar-refractivity contribution in [2.75, 3.05) is 11.9 Å². The largest absolute Gasteiger partial charge is 0.352 e. The monoisotopic (exact) mass is 448 g/mol. The van der Waals surface area contributed by atoms with Gasteiger partial charge in [0.1, 0.15) is 0 Å². The molecule has 3 aromatic rings. The Kier molecular flexibility index (Phi) is 6.91. The Balaban J connectivity index is 1.19. The van der Waals surface area contributed by atoms with Gasteiger partial charge in [-0.2, -0.15) is 0 Å². The number of nitrogens with zero attached hydrogens (tertiary/aromatic N) is 2. The van der Waals surface area contributed by atoms with E-state index in [0.29, 0.717) is 24.3 Å². The highest BCUT2D eigenvalue weighted by Gasteiger charge is 2.21. The molecule has 8 heteroatoms. The molecule has 1 aliphatic heterocycles. The molecule has 164 valence electrons. The number of pyridine rings is 1. The van der Waals surface area contributed by atoms with E-state index >= 15 is 0 Å². The second-order valence-electron chi connectivity index (χ2n) is 7.60. The second kappa shape index (κ2) is 10.2. The summed E-state index contributed by atoms with van der Waals surface area (Å²) in [4.78, 5) is 43.9. The number of nitrogens with one attached hydrogen (secondary N) is 2. The van der Waals surface area contributed by atoms with E-state index in [0.717, 1.165) is 18.5 Å².